The summed E-state index contributed by atoms with van der Waals surface area (Å²) in [6.07, 6.45) is 2.28. The zero-order valence-corrected chi connectivity index (χ0v) is 16.4. The number of amides is 1. The molecule has 0 aliphatic carbocycles. The molecule has 0 bridgehead atoms. The third kappa shape index (κ3) is 4.07. The SMILES string of the molecule is CC(C)n1nccc1NC(=O)C1CCN(S(=O)(=O)c2ccc(F)c(F)c2)CC1. The highest BCUT2D eigenvalue weighted by Gasteiger charge is 2.32. The van der Waals surface area contributed by atoms with Crippen LogP contribution in [0.5, 0.6) is 0 Å². The number of hydrogen-bond acceptors (Lipinski definition) is 4. The highest BCUT2D eigenvalue weighted by Crippen LogP contribution is 2.26. The van der Waals surface area contributed by atoms with Gasteiger partial charge in [-0.1, -0.05) is 0 Å². The zero-order valence-electron chi connectivity index (χ0n) is 15.6. The third-order valence-electron chi connectivity index (χ3n) is 4.76. The molecule has 0 atom stereocenters. The van der Waals surface area contributed by atoms with Gasteiger partial charge in [-0.2, -0.15) is 9.40 Å². The molecule has 0 spiro atoms. The Balaban J connectivity index is 1.64. The lowest BCUT2D eigenvalue weighted by Crippen LogP contribution is -2.41. The molecule has 2 heterocycles. The summed E-state index contributed by atoms with van der Waals surface area (Å²) in [5.74, 6) is -2.25. The third-order valence-corrected chi connectivity index (χ3v) is 6.66. The maximum Gasteiger partial charge on any atom is 0.243 e. The summed E-state index contributed by atoms with van der Waals surface area (Å²) in [6.45, 7) is 4.15. The van der Waals surface area contributed by atoms with Crippen molar-refractivity contribution in [1.82, 2.24) is 14.1 Å². The van der Waals surface area contributed by atoms with Gasteiger partial charge in [-0.25, -0.2) is 21.9 Å². The van der Waals surface area contributed by atoms with Gasteiger partial charge in [-0.05, 0) is 44.9 Å². The number of carbonyl (C=O) groups excluding carboxylic acids is 1. The van der Waals surface area contributed by atoms with Crippen LogP contribution in [0.15, 0.2) is 35.4 Å². The van der Waals surface area contributed by atoms with E-state index in [4.69, 9.17) is 0 Å². The first kappa shape index (κ1) is 20.4. The summed E-state index contributed by atoms with van der Waals surface area (Å²) >= 11 is 0. The average molecular weight is 412 g/mol. The van der Waals surface area contributed by atoms with Crippen molar-refractivity contribution in [2.75, 3.05) is 18.4 Å². The van der Waals surface area contributed by atoms with Crippen LogP contribution in [-0.2, 0) is 14.8 Å². The fraction of sp³-hybridized carbons (Fsp3) is 0.444. The van der Waals surface area contributed by atoms with Crippen LogP contribution < -0.4 is 5.32 Å². The standard InChI is InChI=1S/C18H22F2N4O3S/c1-12(2)24-17(5-8-21-24)22-18(25)13-6-9-23(10-7-13)28(26,27)14-3-4-15(19)16(20)11-14/h3-5,8,11-13H,6-7,9-10H2,1-2H3,(H,22,25). The summed E-state index contributed by atoms with van der Waals surface area (Å²) < 4.78 is 54.6. The molecular weight excluding hydrogens is 390 g/mol. The Morgan fingerprint density at radius 3 is 2.46 bits per heavy atom. The highest BCUT2D eigenvalue weighted by molar-refractivity contribution is 7.89. The van der Waals surface area contributed by atoms with Gasteiger partial charge in [0.1, 0.15) is 5.82 Å². The smallest absolute Gasteiger partial charge is 0.243 e. The van der Waals surface area contributed by atoms with E-state index in [1.807, 2.05) is 13.8 Å². The molecule has 3 rings (SSSR count). The number of hydrogen-bond donors (Lipinski definition) is 1. The van der Waals surface area contributed by atoms with Crippen molar-refractivity contribution in [3.05, 3.63) is 42.1 Å². The van der Waals surface area contributed by atoms with Crippen molar-refractivity contribution in [2.24, 2.45) is 5.92 Å². The number of sulfonamides is 1. The van der Waals surface area contributed by atoms with Crippen molar-refractivity contribution < 1.29 is 22.0 Å². The number of nitrogens with one attached hydrogen (secondary N) is 1. The van der Waals surface area contributed by atoms with Crippen LogP contribution in [0.2, 0.25) is 0 Å². The Kier molecular flexibility index (Phi) is 5.80. The highest BCUT2D eigenvalue weighted by atomic mass is 32.2. The minimum Gasteiger partial charge on any atom is -0.311 e. The van der Waals surface area contributed by atoms with E-state index < -0.39 is 21.7 Å². The fourth-order valence-corrected chi connectivity index (χ4v) is 4.68. The lowest BCUT2D eigenvalue weighted by Gasteiger charge is -2.30. The van der Waals surface area contributed by atoms with Crippen molar-refractivity contribution >= 4 is 21.7 Å². The molecule has 1 saturated heterocycles. The molecule has 1 N–H and O–H groups in total. The lowest BCUT2D eigenvalue weighted by atomic mass is 9.97. The van der Waals surface area contributed by atoms with E-state index >= 15 is 0 Å². The van der Waals surface area contributed by atoms with Gasteiger partial charge in [0.15, 0.2) is 11.6 Å². The molecule has 0 radical (unpaired) electrons. The van der Waals surface area contributed by atoms with E-state index in [1.54, 1.807) is 16.9 Å². The van der Waals surface area contributed by atoms with Gasteiger partial charge in [0.25, 0.3) is 0 Å². The molecule has 28 heavy (non-hydrogen) atoms. The molecule has 1 aliphatic rings. The first-order chi connectivity index (χ1) is 13.2. The second kappa shape index (κ2) is 7.96. The van der Waals surface area contributed by atoms with E-state index in [2.05, 4.69) is 10.4 Å². The monoisotopic (exact) mass is 412 g/mol. The summed E-state index contributed by atoms with van der Waals surface area (Å²) in [7, 11) is -3.94. The molecule has 1 aliphatic heterocycles. The molecule has 1 aromatic heterocycles. The summed E-state index contributed by atoms with van der Waals surface area (Å²) in [4.78, 5) is 12.2. The number of rotatable bonds is 5. The number of aromatic nitrogens is 2. The number of halogens is 2. The Bertz CT molecular complexity index is 967. The topological polar surface area (TPSA) is 84.3 Å². The van der Waals surface area contributed by atoms with Gasteiger partial charge in [0.2, 0.25) is 15.9 Å². The van der Waals surface area contributed by atoms with Crippen LogP contribution in [0.1, 0.15) is 32.7 Å². The Labute approximate surface area is 162 Å². The van der Waals surface area contributed by atoms with E-state index in [9.17, 15) is 22.0 Å². The van der Waals surface area contributed by atoms with Crippen LogP contribution in [0.4, 0.5) is 14.6 Å². The quantitative estimate of drug-likeness (QED) is 0.819. The van der Waals surface area contributed by atoms with Gasteiger partial charge < -0.3 is 5.32 Å². The van der Waals surface area contributed by atoms with Crippen LogP contribution in [0.3, 0.4) is 0 Å². The van der Waals surface area contributed by atoms with Gasteiger partial charge in [0.05, 0.1) is 11.1 Å². The number of anilines is 1. The fourth-order valence-electron chi connectivity index (χ4n) is 3.20. The second-order valence-electron chi connectivity index (χ2n) is 7.00. The van der Waals surface area contributed by atoms with E-state index in [0.29, 0.717) is 24.7 Å². The lowest BCUT2D eigenvalue weighted by molar-refractivity contribution is -0.121. The van der Waals surface area contributed by atoms with Gasteiger partial charge in [0, 0.05) is 31.1 Å². The van der Waals surface area contributed by atoms with Gasteiger partial charge in [-0.3, -0.25) is 4.79 Å². The van der Waals surface area contributed by atoms with Gasteiger partial charge in [-0.15, -0.1) is 0 Å². The molecular formula is C18H22F2N4O3S. The first-order valence-electron chi connectivity index (χ1n) is 8.99. The summed E-state index contributed by atoms with van der Waals surface area (Å²) in [5, 5.41) is 7.00. The first-order valence-corrected chi connectivity index (χ1v) is 10.4. The minimum atomic E-state index is -3.94. The molecule has 0 saturated carbocycles. The molecule has 152 valence electrons. The van der Waals surface area contributed by atoms with Crippen LogP contribution in [-0.4, -0.2) is 41.5 Å². The second-order valence-corrected chi connectivity index (χ2v) is 8.94. The number of nitrogens with zero attached hydrogens (tertiary/aromatic N) is 3. The number of carbonyl (C=O) groups is 1. The van der Waals surface area contributed by atoms with Crippen molar-refractivity contribution in [1.29, 1.82) is 0 Å². The predicted molar refractivity (Wildman–Crippen MR) is 99.1 cm³/mol. The molecule has 7 nitrogen and oxygen atoms in total. The van der Waals surface area contributed by atoms with Gasteiger partial charge >= 0.3 is 0 Å². The van der Waals surface area contributed by atoms with E-state index in [0.717, 1.165) is 12.1 Å². The van der Waals surface area contributed by atoms with Crippen molar-refractivity contribution in [3.8, 4) is 0 Å². The maximum atomic E-state index is 13.4. The van der Waals surface area contributed by atoms with Crippen molar-refractivity contribution in [2.45, 2.75) is 37.6 Å². The number of benzene rings is 1. The number of piperidine rings is 1. The largest absolute Gasteiger partial charge is 0.311 e. The van der Waals surface area contributed by atoms with Crippen molar-refractivity contribution in [3.63, 3.8) is 0 Å². The molecule has 1 fully saturated rings. The zero-order chi connectivity index (χ0) is 20.5. The summed E-state index contributed by atoms with van der Waals surface area (Å²) in [6, 6.07) is 4.31. The van der Waals surface area contributed by atoms with E-state index in [1.165, 1.54) is 4.31 Å². The van der Waals surface area contributed by atoms with Crippen LogP contribution in [0.25, 0.3) is 0 Å². The molecule has 10 heteroatoms. The normalized spacial score (nSPS) is 16.5. The van der Waals surface area contributed by atoms with E-state index in [-0.39, 0.29) is 35.9 Å². The molecule has 1 amide bonds. The average Bonchev–Trinajstić information content (AvgIpc) is 3.12. The molecule has 2 aromatic rings. The Morgan fingerprint density at radius 1 is 1.18 bits per heavy atom. The Morgan fingerprint density at radius 2 is 1.86 bits per heavy atom. The van der Waals surface area contributed by atoms with Crippen LogP contribution >= 0.6 is 0 Å². The minimum absolute atomic E-state index is 0.0911. The molecule has 1 aromatic carbocycles. The predicted octanol–water partition coefficient (Wildman–Crippen LogP) is 2.78. The van der Waals surface area contributed by atoms with Crippen LogP contribution in [0, 0.1) is 17.6 Å². The molecule has 0 unspecified atom stereocenters. The maximum absolute atomic E-state index is 13.4. The summed E-state index contributed by atoms with van der Waals surface area (Å²) in [5.41, 5.74) is 0. The Hall–Kier alpha value is -2.33.